The van der Waals surface area contributed by atoms with E-state index in [1.54, 1.807) is 6.92 Å². The Morgan fingerprint density at radius 3 is 2.54 bits per heavy atom. The van der Waals surface area contributed by atoms with Gasteiger partial charge in [0.1, 0.15) is 0 Å². The number of nitro groups is 1. The molecule has 0 aliphatic rings. The quantitative estimate of drug-likeness (QED) is 0.283. The Morgan fingerprint density at radius 1 is 1.54 bits per heavy atom. The lowest BCUT2D eigenvalue weighted by molar-refractivity contribution is -0.428. The van der Waals surface area contributed by atoms with Crippen LogP contribution in [0.2, 0.25) is 0 Å². The van der Waals surface area contributed by atoms with Gasteiger partial charge in [-0.25, -0.2) is 4.79 Å². The number of hydrogen-bond donors (Lipinski definition) is 0. The standard InChI is InChI=1S/C8H13NO4/c1-3-5-7(9(11)12)6-8(10)13-4-2/h6H,3-5H2,1-2H3. The molecule has 13 heavy (non-hydrogen) atoms. The summed E-state index contributed by atoms with van der Waals surface area (Å²) in [6, 6.07) is 0. The van der Waals surface area contributed by atoms with Gasteiger partial charge in [-0.3, -0.25) is 10.1 Å². The van der Waals surface area contributed by atoms with Gasteiger partial charge in [0, 0.05) is 6.42 Å². The molecule has 0 unspecified atom stereocenters. The highest BCUT2D eigenvalue weighted by Crippen LogP contribution is 2.05. The van der Waals surface area contributed by atoms with Gasteiger partial charge in [0.2, 0.25) is 0 Å². The molecule has 0 saturated carbocycles. The number of carbonyl (C=O) groups excluding carboxylic acids is 1. The molecule has 0 radical (unpaired) electrons. The van der Waals surface area contributed by atoms with E-state index in [0.29, 0.717) is 6.42 Å². The lowest BCUT2D eigenvalue weighted by atomic mass is 10.2. The summed E-state index contributed by atoms with van der Waals surface area (Å²) in [4.78, 5) is 20.6. The fourth-order valence-corrected chi connectivity index (χ4v) is 0.792. The normalized spacial score (nSPS) is 11.1. The number of esters is 1. The van der Waals surface area contributed by atoms with Crippen molar-refractivity contribution in [1.29, 1.82) is 0 Å². The van der Waals surface area contributed by atoms with Gasteiger partial charge in [0.25, 0.3) is 5.70 Å². The Hall–Kier alpha value is -1.39. The summed E-state index contributed by atoms with van der Waals surface area (Å²) in [6.07, 6.45) is 1.85. The van der Waals surface area contributed by atoms with Crippen LogP contribution in [0.1, 0.15) is 26.7 Å². The molecule has 0 spiro atoms. The molecule has 0 fully saturated rings. The average Bonchev–Trinajstić information content (AvgIpc) is 2.04. The van der Waals surface area contributed by atoms with E-state index in [0.717, 1.165) is 6.08 Å². The predicted molar refractivity (Wildman–Crippen MR) is 46.6 cm³/mol. The summed E-state index contributed by atoms with van der Waals surface area (Å²) < 4.78 is 4.55. The van der Waals surface area contributed by atoms with Crippen molar-refractivity contribution in [1.82, 2.24) is 0 Å². The van der Waals surface area contributed by atoms with Gasteiger partial charge in [-0.15, -0.1) is 0 Å². The minimum atomic E-state index is -0.650. The van der Waals surface area contributed by atoms with Crippen LogP contribution in [0, 0.1) is 10.1 Å². The van der Waals surface area contributed by atoms with Gasteiger partial charge in [0.05, 0.1) is 17.6 Å². The molecule has 0 aliphatic carbocycles. The molecule has 74 valence electrons. The maximum absolute atomic E-state index is 10.8. The van der Waals surface area contributed by atoms with Gasteiger partial charge in [-0.05, 0) is 13.3 Å². The summed E-state index contributed by atoms with van der Waals surface area (Å²) in [6.45, 7) is 3.69. The van der Waals surface area contributed by atoms with Crippen molar-refractivity contribution in [2.45, 2.75) is 26.7 Å². The van der Waals surface area contributed by atoms with Crippen LogP contribution in [0.5, 0.6) is 0 Å². The lowest BCUT2D eigenvalue weighted by Crippen LogP contribution is -2.05. The predicted octanol–water partition coefficient (Wildman–Crippen LogP) is 1.51. The van der Waals surface area contributed by atoms with E-state index in [-0.39, 0.29) is 18.7 Å². The van der Waals surface area contributed by atoms with Gasteiger partial charge in [-0.1, -0.05) is 6.92 Å². The van der Waals surface area contributed by atoms with Crippen LogP contribution < -0.4 is 0 Å². The zero-order valence-electron chi connectivity index (χ0n) is 7.78. The first-order valence-corrected chi connectivity index (χ1v) is 4.13. The molecule has 0 bridgehead atoms. The van der Waals surface area contributed by atoms with Gasteiger partial charge < -0.3 is 4.74 Å². The van der Waals surface area contributed by atoms with Crippen LogP contribution >= 0.6 is 0 Å². The Labute approximate surface area is 76.5 Å². The van der Waals surface area contributed by atoms with Gasteiger partial charge in [-0.2, -0.15) is 0 Å². The zero-order valence-corrected chi connectivity index (χ0v) is 7.78. The maximum atomic E-state index is 10.8. The smallest absolute Gasteiger partial charge is 0.337 e. The van der Waals surface area contributed by atoms with Crippen molar-refractivity contribution in [3.8, 4) is 0 Å². The second-order valence-electron chi connectivity index (χ2n) is 2.39. The second kappa shape index (κ2) is 6.16. The van der Waals surface area contributed by atoms with Crippen molar-refractivity contribution in [3.05, 3.63) is 21.9 Å². The first-order valence-electron chi connectivity index (χ1n) is 4.13. The van der Waals surface area contributed by atoms with E-state index >= 15 is 0 Å². The number of ether oxygens (including phenoxy) is 1. The molecule has 0 aromatic heterocycles. The lowest BCUT2D eigenvalue weighted by Gasteiger charge is -1.97. The molecule has 5 nitrogen and oxygen atoms in total. The molecular formula is C8H13NO4. The number of nitrogens with zero attached hydrogens (tertiary/aromatic N) is 1. The Morgan fingerprint density at radius 2 is 2.15 bits per heavy atom. The molecule has 0 aromatic rings. The van der Waals surface area contributed by atoms with Crippen LogP contribution in [0.4, 0.5) is 0 Å². The summed E-state index contributed by atoms with van der Waals surface area (Å²) in [7, 11) is 0. The molecule has 5 heteroatoms. The zero-order chi connectivity index (χ0) is 10.3. The van der Waals surface area contributed by atoms with Gasteiger partial charge in [0.15, 0.2) is 0 Å². The summed E-state index contributed by atoms with van der Waals surface area (Å²) in [5.41, 5.74) is -0.0963. The van der Waals surface area contributed by atoms with Crippen molar-refractivity contribution in [2.75, 3.05) is 6.61 Å². The first-order chi connectivity index (χ1) is 6.11. The fraction of sp³-hybridized carbons (Fsp3) is 0.625. The van der Waals surface area contributed by atoms with Crippen molar-refractivity contribution < 1.29 is 14.5 Å². The Kier molecular flexibility index (Phi) is 5.50. The highest BCUT2D eigenvalue weighted by Gasteiger charge is 2.12. The van der Waals surface area contributed by atoms with E-state index in [4.69, 9.17) is 0 Å². The van der Waals surface area contributed by atoms with Crippen LogP contribution in [0.25, 0.3) is 0 Å². The number of hydrogen-bond acceptors (Lipinski definition) is 4. The average molecular weight is 187 g/mol. The SMILES string of the molecule is CCCC(=CC(=O)OCC)[N+](=O)[O-]. The minimum Gasteiger partial charge on any atom is -0.463 e. The van der Waals surface area contributed by atoms with Gasteiger partial charge >= 0.3 is 5.97 Å². The number of allylic oxidation sites excluding steroid dienone is 1. The molecular weight excluding hydrogens is 174 g/mol. The Bertz CT molecular complexity index is 222. The third-order valence-corrected chi connectivity index (χ3v) is 1.31. The first kappa shape index (κ1) is 11.6. The van der Waals surface area contributed by atoms with Crippen molar-refractivity contribution in [3.63, 3.8) is 0 Å². The highest BCUT2D eigenvalue weighted by molar-refractivity contribution is 5.82. The molecule has 0 aromatic carbocycles. The summed E-state index contributed by atoms with van der Waals surface area (Å²) in [5, 5.41) is 10.4. The van der Waals surface area contributed by atoms with Crippen molar-refractivity contribution >= 4 is 5.97 Å². The van der Waals surface area contributed by atoms with E-state index < -0.39 is 10.9 Å². The third kappa shape index (κ3) is 4.95. The number of rotatable bonds is 5. The second-order valence-corrected chi connectivity index (χ2v) is 2.39. The van der Waals surface area contributed by atoms with Crippen LogP contribution in [-0.2, 0) is 9.53 Å². The molecule has 0 heterocycles. The molecule has 0 rings (SSSR count). The molecule has 0 amide bonds. The molecule has 0 aliphatic heterocycles. The summed E-state index contributed by atoms with van der Waals surface area (Å²) >= 11 is 0. The Balaban J connectivity index is 4.34. The molecule has 0 N–H and O–H groups in total. The van der Waals surface area contributed by atoms with E-state index in [2.05, 4.69) is 4.74 Å². The maximum Gasteiger partial charge on any atom is 0.337 e. The number of carbonyl (C=O) groups is 1. The molecule has 0 atom stereocenters. The van der Waals surface area contributed by atoms with E-state index in [1.165, 1.54) is 0 Å². The topological polar surface area (TPSA) is 69.4 Å². The minimum absolute atomic E-state index is 0.0963. The molecule has 0 saturated heterocycles. The third-order valence-electron chi connectivity index (χ3n) is 1.31. The van der Waals surface area contributed by atoms with Crippen LogP contribution in [0.15, 0.2) is 11.8 Å². The van der Waals surface area contributed by atoms with Crippen molar-refractivity contribution in [2.24, 2.45) is 0 Å². The van der Waals surface area contributed by atoms with Crippen LogP contribution in [-0.4, -0.2) is 17.5 Å². The summed E-state index contributed by atoms with van der Waals surface area (Å²) in [5.74, 6) is -0.650. The van der Waals surface area contributed by atoms with Crippen LogP contribution in [0.3, 0.4) is 0 Å². The largest absolute Gasteiger partial charge is 0.463 e. The van der Waals surface area contributed by atoms with E-state index in [9.17, 15) is 14.9 Å². The fourth-order valence-electron chi connectivity index (χ4n) is 0.792. The van der Waals surface area contributed by atoms with E-state index in [1.807, 2.05) is 6.92 Å². The highest BCUT2D eigenvalue weighted by atomic mass is 16.6. The monoisotopic (exact) mass is 187 g/mol.